The Balaban J connectivity index is 2.70. The molecule has 0 saturated carbocycles. The maximum atomic E-state index is 11.2. The number of nitrogens with one attached hydrogen (secondary N) is 1. The molecule has 1 aromatic carbocycles. The van der Waals surface area contributed by atoms with Crippen LogP contribution in [0.4, 0.5) is 0 Å². The van der Waals surface area contributed by atoms with Gasteiger partial charge in [-0.25, -0.2) is 0 Å². The SMILES string of the molecule is CC(C)(C(=O)O)c1c[nH]c2ccc(Br)cc12. The van der Waals surface area contributed by atoms with Crippen LogP contribution in [0.2, 0.25) is 0 Å². The average molecular weight is 282 g/mol. The van der Waals surface area contributed by atoms with Gasteiger partial charge in [-0.3, -0.25) is 4.79 Å². The molecule has 0 fully saturated rings. The molecule has 0 atom stereocenters. The van der Waals surface area contributed by atoms with Crippen molar-refractivity contribution in [1.82, 2.24) is 4.98 Å². The molecule has 0 aliphatic heterocycles. The van der Waals surface area contributed by atoms with Crippen LogP contribution in [0.15, 0.2) is 28.9 Å². The molecule has 0 amide bonds. The second kappa shape index (κ2) is 3.63. The highest BCUT2D eigenvalue weighted by Gasteiger charge is 2.31. The van der Waals surface area contributed by atoms with E-state index < -0.39 is 11.4 Å². The van der Waals surface area contributed by atoms with E-state index in [1.54, 1.807) is 20.0 Å². The van der Waals surface area contributed by atoms with Crippen LogP contribution in [0, 0.1) is 0 Å². The first-order valence-corrected chi connectivity index (χ1v) is 5.73. The van der Waals surface area contributed by atoms with Gasteiger partial charge in [-0.15, -0.1) is 0 Å². The van der Waals surface area contributed by atoms with Crippen LogP contribution in [0.3, 0.4) is 0 Å². The fourth-order valence-corrected chi connectivity index (χ4v) is 2.09. The molecule has 0 spiro atoms. The molecule has 2 rings (SSSR count). The number of aromatic nitrogens is 1. The standard InChI is InChI=1S/C12H12BrNO2/c1-12(2,11(15)16)9-6-14-10-4-3-7(13)5-8(9)10/h3-6,14H,1-2H3,(H,15,16). The topological polar surface area (TPSA) is 53.1 Å². The van der Waals surface area contributed by atoms with Gasteiger partial charge in [0, 0.05) is 21.6 Å². The Morgan fingerprint density at radius 2 is 2.12 bits per heavy atom. The van der Waals surface area contributed by atoms with Crippen molar-refractivity contribution in [3.05, 3.63) is 34.4 Å². The van der Waals surface area contributed by atoms with Crippen LogP contribution in [0.5, 0.6) is 0 Å². The number of carboxylic acids is 1. The number of aromatic amines is 1. The first-order valence-electron chi connectivity index (χ1n) is 4.93. The number of benzene rings is 1. The number of aliphatic carboxylic acids is 1. The summed E-state index contributed by atoms with van der Waals surface area (Å²) >= 11 is 3.39. The third-order valence-electron chi connectivity index (χ3n) is 2.85. The van der Waals surface area contributed by atoms with E-state index in [0.29, 0.717) is 0 Å². The van der Waals surface area contributed by atoms with Gasteiger partial charge < -0.3 is 10.1 Å². The van der Waals surface area contributed by atoms with Gasteiger partial charge in [0.2, 0.25) is 0 Å². The Morgan fingerprint density at radius 1 is 1.44 bits per heavy atom. The molecule has 16 heavy (non-hydrogen) atoms. The summed E-state index contributed by atoms with van der Waals surface area (Å²) in [7, 11) is 0. The summed E-state index contributed by atoms with van der Waals surface area (Å²) in [6, 6.07) is 5.79. The number of H-pyrrole nitrogens is 1. The molecule has 0 aliphatic rings. The highest BCUT2D eigenvalue weighted by molar-refractivity contribution is 9.10. The molecule has 0 bridgehead atoms. The molecule has 3 nitrogen and oxygen atoms in total. The summed E-state index contributed by atoms with van der Waals surface area (Å²) in [4.78, 5) is 14.3. The van der Waals surface area contributed by atoms with E-state index in [-0.39, 0.29) is 0 Å². The average Bonchev–Trinajstić information content (AvgIpc) is 2.60. The number of rotatable bonds is 2. The summed E-state index contributed by atoms with van der Waals surface area (Å²) in [6.07, 6.45) is 1.77. The lowest BCUT2D eigenvalue weighted by Crippen LogP contribution is -2.28. The van der Waals surface area contributed by atoms with Crippen LogP contribution >= 0.6 is 15.9 Å². The van der Waals surface area contributed by atoms with Crippen molar-refractivity contribution in [2.75, 3.05) is 0 Å². The van der Waals surface area contributed by atoms with Crippen LogP contribution in [0.25, 0.3) is 10.9 Å². The molecule has 0 unspecified atom stereocenters. The van der Waals surface area contributed by atoms with Crippen molar-refractivity contribution in [2.45, 2.75) is 19.3 Å². The highest BCUT2D eigenvalue weighted by atomic mass is 79.9. The zero-order chi connectivity index (χ0) is 11.9. The van der Waals surface area contributed by atoms with E-state index in [1.807, 2.05) is 18.2 Å². The molecular weight excluding hydrogens is 270 g/mol. The zero-order valence-electron chi connectivity index (χ0n) is 9.04. The molecule has 0 radical (unpaired) electrons. The lowest BCUT2D eigenvalue weighted by molar-refractivity contribution is -0.142. The first kappa shape index (κ1) is 11.2. The summed E-state index contributed by atoms with van der Waals surface area (Å²) < 4.78 is 0.946. The quantitative estimate of drug-likeness (QED) is 0.888. The van der Waals surface area contributed by atoms with E-state index in [2.05, 4.69) is 20.9 Å². The fraction of sp³-hybridized carbons (Fsp3) is 0.250. The van der Waals surface area contributed by atoms with Gasteiger partial charge in [-0.2, -0.15) is 0 Å². The molecule has 4 heteroatoms. The highest BCUT2D eigenvalue weighted by Crippen LogP contribution is 2.32. The van der Waals surface area contributed by atoms with E-state index in [9.17, 15) is 9.90 Å². The molecule has 1 aromatic heterocycles. The number of hydrogen-bond donors (Lipinski definition) is 2. The van der Waals surface area contributed by atoms with Crippen molar-refractivity contribution in [2.24, 2.45) is 0 Å². The predicted molar refractivity (Wildman–Crippen MR) is 66.7 cm³/mol. The van der Waals surface area contributed by atoms with Gasteiger partial charge >= 0.3 is 5.97 Å². The normalized spacial score (nSPS) is 11.9. The Kier molecular flexibility index (Phi) is 2.54. The molecular formula is C12H12BrNO2. The molecule has 2 N–H and O–H groups in total. The number of halogens is 1. The third-order valence-corrected chi connectivity index (χ3v) is 3.35. The lowest BCUT2D eigenvalue weighted by Gasteiger charge is -2.18. The number of carboxylic acid groups (broad SMARTS) is 1. The van der Waals surface area contributed by atoms with Crippen molar-refractivity contribution in [1.29, 1.82) is 0 Å². The Hall–Kier alpha value is -1.29. The summed E-state index contributed by atoms with van der Waals surface area (Å²) in [5.41, 5.74) is 0.864. The minimum Gasteiger partial charge on any atom is -0.481 e. The fourth-order valence-electron chi connectivity index (χ4n) is 1.73. The molecule has 0 aliphatic carbocycles. The first-order chi connectivity index (χ1) is 7.43. The van der Waals surface area contributed by atoms with Gasteiger partial charge in [-0.05, 0) is 37.6 Å². The van der Waals surface area contributed by atoms with Gasteiger partial charge in [0.25, 0.3) is 0 Å². The lowest BCUT2D eigenvalue weighted by atomic mass is 9.85. The van der Waals surface area contributed by atoms with E-state index >= 15 is 0 Å². The van der Waals surface area contributed by atoms with Crippen LogP contribution < -0.4 is 0 Å². The maximum Gasteiger partial charge on any atom is 0.313 e. The second-order valence-electron chi connectivity index (χ2n) is 4.32. The summed E-state index contributed by atoms with van der Waals surface area (Å²) in [5, 5.41) is 10.2. The van der Waals surface area contributed by atoms with Gasteiger partial charge in [0.15, 0.2) is 0 Å². The van der Waals surface area contributed by atoms with E-state index in [1.165, 1.54) is 0 Å². The summed E-state index contributed by atoms with van der Waals surface area (Å²) in [5.74, 6) is -0.826. The van der Waals surface area contributed by atoms with Crippen molar-refractivity contribution in [3.8, 4) is 0 Å². The largest absolute Gasteiger partial charge is 0.481 e. The smallest absolute Gasteiger partial charge is 0.313 e. The second-order valence-corrected chi connectivity index (χ2v) is 5.24. The minimum absolute atomic E-state index is 0.802. The van der Waals surface area contributed by atoms with Crippen LogP contribution in [-0.4, -0.2) is 16.1 Å². The van der Waals surface area contributed by atoms with Gasteiger partial charge in [0.1, 0.15) is 0 Å². The summed E-state index contributed by atoms with van der Waals surface area (Å²) in [6.45, 7) is 3.41. The molecule has 0 saturated heterocycles. The number of fused-ring (bicyclic) bond motifs is 1. The van der Waals surface area contributed by atoms with Crippen molar-refractivity contribution in [3.63, 3.8) is 0 Å². The monoisotopic (exact) mass is 281 g/mol. The van der Waals surface area contributed by atoms with Crippen molar-refractivity contribution >= 4 is 32.8 Å². The number of hydrogen-bond acceptors (Lipinski definition) is 1. The Morgan fingerprint density at radius 3 is 2.75 bits per heavy atom. The third kappa shape index (κ3) is 1.63. The molecule has 84 valence electrons. The molecule has 1 heterocycles. The van der Waals surface area contributed by atoms with Gasteiger partial charge in [-0.1, -0.05) is 15.9 Å². The van der Waals surface area contributed by atoms with Crippen LogP contribution in [0.1, 0.15) is 19.4 Å². The zero-order valence-corrected chi connectivity index (χ0v) is 10.6. The van der Waals surface area contributed by atoms with E-state index in [4.69, 9.17) is 0 Å². The Labute approximate surface area is 102 Å². The van der Waals surface area contributed by atoms with Gasteiger partial charge in [0.05, 0.1) is 5.41 Å². The minimum atomic E-state index is -0.890. The Bertz CT molecular complexity index is 557. The molecule has 2 aromatic rings. The number of carbonyl (C=O) groups is 1. The van der Waals surface area contributed by atoms with Crippen molar-refractivity contribution < 1.29 is 9.90 Å². The van der Waals surface area contributed by atoms with E-state index in [0.717, 1.165) is 20.9 Å². The maximum absolute atomic E-state index is 11.2. The van der Waals surface area contributed by atoms with Crippen LogP contribution in [-0.2, 0) is 10.2 Å². The predicted octanol–water partition coefficient (Wildman–Crippen LogP) is 3.29.